The maximum Gasteiger partial charge on any atom is 0.296 e. The summed E-state index contributed by atoms with van der Waals surface area (Å²) in [4.78, 5) is 31.0. The van der Waals surface area contributed by atoms with Gasteiger partial charge in [-0.25, -0.2) is 4.98 Å². The fourth-order valence-electron chi connectivity index (χ4n) is 2.88. The Kier molecular flexibility index (Phi) is 3.81. The Labute approximate surface area is 151 Å². The second-order valence-electron chi connectivity index (χ2n) is 5.55. The molecule has 7 nitrogen and oxygen atoms in total. The molecule has 0 spiro atoms. The molecule has 0 bridgehead atoms. The van der Waals surface area contributed by atoms with Crippen LogP contribution in [0.4, 0.5) is 5.13 Å². The van der Waals surface area contributed by atoms with Crippen LogP contribution in [0, 0.1) is 0 Å². The van der Waals surface area contributed by atoms with Gasteiger partial charge in [0.25, 0.3) is 5.91 Å². The summed E-state index contributed by atoms with van der Waals surface area (Å²) in [6.45, 7) is 0. The van der Waals surface area contributed by atoms with Crippen LogP contribution < -0.4 is 4.90 Å². The molecule has 0 aliphatic carbocycles. The first kappa shape index (κ1) is 16.1. The maximum absolute atomic E-state index is 12.9. The van der Waals surface area contributed by atoms with Gasteiger partial charge in [0.2, 0.25) is 5.78 Å². The Morgan fingerprint density at radius 3 is 2.58 bits per heavy atom. The summed E-state index contributed by atoms with van der Waals surface area (Å²) < 4.78 is 5.14. The number of phenols is 1. The van der Waals surface area contributed by atoms with Crippen molar-refractivity contribution in [1.29, 1.82) is 0 Å². The van der Waals surface area contributed by atoms with Crippen molar-refractivity contribution in [3.8, 4) is 5.75 Å². The number of benzene rings is 1. The van der Waals surface area contributed by atoms with Crippen LogP contribution in [0.25, 0.3) is 0 Å². The number of rotatable bonds is 4. The first-order valence-electron chi connectivity index (χ1n) is 7.61. The van der Waals surface area contributed by atoms with Crippen LogP contribution in [0.3, 0.4) is 0 Å². The lowest BCUT2D eigenvalue weighted by Gasteiger charge is -2.24. The first-order chi connectivity index (χ1) is 12.6. The van der Waals surface area contributed by atoms with Crippen molar-refractivity contribution in [2.75, 3.05) is 4.90 Å². The van der Waals surface area contributed by atoms with Gasteiger partial charge in [-0.05, 0) is 29.8 Å². The second-order valence-corrected chi connectivity index (χ2v) is 6.43. The topological polar surface area (TPSA) is 104 Å². The molecule has 26 heavy (non-hydrogen) atoms. The number of Topliss-reactive ketones (excluding diaryl/α,β-unsaturated/α-hetero) is 1. The number of anilines is 1. The van der Waals surface area contributed by atoms with Crippen LogP contribution in [0.1, 0.15) is 22.2 Å². The monoisotopic (exact) mass is 368 g/mol. The maximum atomic E-state index is 12.9. The van der Waals surface area contributed by atoms with Gasteiger partial charge < -0.3 is 14.6 Å². The van der Waals surface area contributed by atoms with Gasteiger partial charge in [-0.3, -0.25) is 14.5 Å². The SMILES string of the molecule is O=C(C1=C(O)C(=O)N(c2nccs2)C1c1ccc(O)cc1)c1ccco1. The molecule has 0 saturated carbocycles. The van der Waals surface area contributed by atoms with Crippen LogP contribution in [-0.2, 0) is 4.79 Å². The average Bonchev–Trinajstić information content (AvgIpc) is 3.38. The zero-order valence-electron chi connectivity index (χ0n) is 13.2. The molecule has 8 heteroatoms. The molecule has 3 heterocycles. The number of aliphatic hydroxyl groups excluding tert-OH is 1. The number of ketones is 1. The molecule has 0 fully saturated rings. The van der Waals surface area contributed by atoms with Crippen molar-refractivity contribution in [1.82, 2.24) is 4.98 Å². The van der Waals surface area contributed by atoms with Gasteiger partial charge in [-0.2, -0.15) is 0 Å². The minimum Gasteiger partial charge on any atom is -0.508 e. The van der Waals surface area contributed by atoms with Crippen LogP contribution >= 0.6 is 11.3 Å². The summed E-state index contributed by atoms with van der Waals surface area (Å²) in [6, 6.07) is 8.20. The fraction of sp³-hybridized carbons (Fsp3) is 0.0556. The number of carbonyl (C=O) groups excluding carboxylic acids is 2. The summed E-state index contributed by atoms with van der Waals surface area (Å²) in [5.41, 5.74) is 0.455. The molecule has 0 saturated heterocycles. The van der Waals surface area contributed by atoms with E-state index in [1.807, 2.05) is 0 Å². The fourth-order valence-corrected chi connectivity index (χ4v) is 3.55. The van der Waals surface area contributed by atoms with E-state index in [1.165, 1.54) is 46.9 Å². The second kappa shape index (κ2) is 6.16. The molecule has 1 aliphatic heterocycles. The van der Waals surface area contributed by atoms with Gasteiger partial charge in [0.15, 0.2) is 16.7 Å². The molecule has 1 aliphatic rings. The summed E-state index contributed by atoms with van der Waals surface area (Å²) >= 11 is 1.21. The van der Waals surface area contributed by atoms with E-state index < -0.39 is 23.5 Å². The van der Waals surface area contributed by atoms with Gasteiger partial charge in [-0.1, -0.05) is 12.1 Å². The third-order valence-corrected chi connectivity index (χ3v) is 4.80. The summed E-state index contributed by atoms with van der Waals surface area (Å²) in [7, 11) is 0. The highest BCUT2D eigenvalue weighted by Crippen LogP contribution is 2.42. The van der Waals surface area contributed by atoms with Crippen molar-refractivity contribution in [3.05, 3.63) is 76.9 Å². The van der Waals surface area contributed by atoms with Crippen LogP contribution in [0.2, 0.25) is 0 Å². The van der Waals surface area contributed by atoms with Crippen molar-refractivity contribution in [3.63, 3.8) is 0 Å². The molecule has 1 aromatic carbocycles. The molecule has 3 aromatic rings. The van der Waals surface area contributed by atoms with Gasteiger partial charge in [-0.15, -0.1) is 11.3 Å². The number of thiazole rings is 1. The third-order valence-electron chi connectivity index (χ3n) is 4.03. The van der Waals surface area contributed by atoms with Gasteiger partial charge in [0, 0.05) is 11.6 Å². The molecule has 2 aromatic heterocycles. The van der Waals surface area contributed by atoms with Gasteiger partial charge >= 0.3 is 0 Å². The molecule has 0 radical (unpaired) electrons. The van der Waals surface area contributed by atoms with Crippen molar-refractivity contribution in [2.24, 2.45) is 0 Å². The smallest absolute Gasteiger partial charge is 0.296 e. The van der Waals surface area contributed by atoms with E-state index in [9.17, 15) is 19.8 Å². The van der Waals surface area contributed by atoms with Crippen LogP contribution in [0.15, 0.2) is 70.0 Å². The van der Waals surface area contributed by atoms with E-state index in [4.69, 9.17) is 4.42 Å². The molecule has 1 atom stereocenters. The van der Waals surface area contributed by atoms with Crippen molar-refractivity contribution in [2.45, 2.75) is 6.04 Å². The number of phenolic OH excluding ortho intramolecular Hbond substituents is 1. The average molecular weight is 368 g/mol. The lowest BCUT2D eigenvalue weighted by Crippen LogP contribution is -2.30. The number of carbonyl (C=O) groups is 2. The number of amides is 1. The Morgan fingerprint density at radius 2 is 1.96 bits per heavy atom. The number of nitrogens with zero attached hydrogens (tertiary/aromatic N) is 2. The van der Waals surface area contributed by atoms with E-state index >= 15 is 0 Å². The summed E-state index contributed by atoms with van der Waals surface area (Å²) in [6.07, 6.45) is 2.88. The predicted octanol–water partition coefficient (Wildman–Crippen LogP) is 3.22. The highest BCUT2D eigenvalue weighted by Gasteiger charge is 2.46. The standard InChI is InChI=1S/C18H12N2O5S/c21-11-5-3-10(4-6-11)14-13(15(22)12-2-1-8-25-12)16(23)17(24)20(14)18-19-7-9-26-18/h1-9,14,21,23H. The Hall–Kier alpha value is -3.39. The highest BCUT2D eigenvalue weighted by atomic mass is 32.1. The lowest BCUT2D eigenvalue weighted by atomic mass is 9.95. The number of aromatic nitrogens is 1. The normalized spacial score (nSPS) is 17.2. The molecule has 130 valence electrons. The largest absolute Gasteiger partial charge is 0.508 e. The summed E-state index contributed by atoms with van der Waals surface area (Å²) in [5.74, 6) is -1.87. The zero-order chi connectivity index (χ0) is 18.3. The highest BCUT2D eigenvalue weighted by molar-refractivity contribution is 7.13. The molecule has 1 unspecified atom stereocenters. The van der Waals surface area contributed by atoms with Crippen molar-refractivity contribution >= 4 is 28.2 Å². The molecular weight excluding hydrogens is 356 g/mol. The molecule has 2 N–H and O–H groups in total. The third kappa shape index (κ3) is 2.47. The van der Waals surface area contributed by atoms with E-state index in [1.54, 1.807) is 23.6 Å². The van der Waals surface area contributed by atoms with Crippen LogP contribution in [0.5, 0.6) is 5.75 Å². The number of hydrogen-bond acceptors (Lipinski definition) is 7. The molecular formula is C18H12N2O5S. The quantitative estimate of drug-likeness (QED) is 0.685. The minimum atomic E-state index is -0.883. The Morgan fingerprint density at radius 1 is 1.19 bits per heavy atom. The van der Waals surface area contributed by atoms with Crippen molar-refractivity contribution < 1.29 is 24.2 Å². The lowest BCUT2D eigenvalue weighted by molar-refractivity contribution is -0.117. The number of aromatic hydroxyl groups is 1. The Balaban J connectivity index is 1.88. The van der Waals surface area contributed by atoms with Crippen LogP contribution in [-0.4, -0.2) is 26.9 Å². The van der Waals surface area contributed by atoms with Gasteiger partial charge in [0.1, 0.15) is 5.75 Å². The summed E-state index contributed by atoms with van der Waals surface area (Å²) in [5, 5.41) is 22.0. The van der Waals surface area contributed by atoms with E-state index in [0.717, 1.165) is 0 Å². The number of furan rings is 1. The number of hydrogen-bond donors (Lipinski definition) is 2. The van der Waals surface area contributed by atoms with E-state index in [-0.39, 0.29) is 17.1 Å². The molecule has 1 amide bonds. The predicted molar refractivity (Wildman–Crippen MR) is 93.1 cm³/mol. The Bertz CT molecular complexity index is 991. The minimum absolute atomic E-state index is 0.0177. The first-order valence-corrected chi connectivity index (χ1v) is 8.49. The van der Waals surface area contributed by atoms with E-state index in [0.29, 0.717) is 10.7 Å². The van der Waals surface area contributed by atoms with E-state index in [2.05, 4.69) is 4.98 Å². The number of aliphatic hydroxyl groups is 1. The zero-order valence-corrected chi connectivity index (χ0v) is 14.0. The van der Waals surface area contributed by atoms with Gasteiger partial charge in [0.05, 0.1) is 17.9 Å². The molecule has 4 rings (SSSR count).